The zero-order valence-electron chi connectivity index (χ0n) is 26.3. The summed E-state index contributed by atoms with van der Waals surface area (Å²) in [6, 6.07) is 26.8. The molecule has 12 heteroatoms. The van der Waals surface area contributed by atoms with Crippen LogP contribution in [0, 0.1) is 13.8 Å². The molecular formula is C35H36N2O8S2. The molecule has 0 heterocycles. The Bertz CT molecular complexity index is 2000. The number of carbonyl (C=O) groups is 2. The third kappa shape index (κ3) is 11.0. The van der Waals surface area contributed by atoms with Gasteiger partial charge in [0.15, 0.2) is 0 Å². The lowest BCUT2D eigenvalue weighted by Crippen LogP contribution is -2.26. The summed E-state index contributed by atoms with van der Waals surface area (Å²) >= 11 is 0. The maximum Gasteiger partial charge on any atom is 0.330 e. The number of benzene rings is 4. The average Bonchev–Trinajstić information content (AvgIpc) is 3.03. The molecule has 0 atom stereocenters. The highest BCUT2D eigenvalue weighted by Crippen LogP contribution is 2.24. The van der Waals surface area contributed by atoms with Gasteiger partial charge >= 0.3 is 11.9 Å². The quantitative estimate of drug-likeness (QED) is 0.139. The number of hydrogen-bond acceptors (Lipinski definition) is 7. The van der Waals surface area contributed by atoms with Gasteiger partial charge in [0.05, 0.1) is 22.1 Å². The van der Waals surface area contributed by atoms with E-state index in [1.807, 2.05) is 26.0 Å². The Hall–Kier alpha value is -5.20. The number of rotatable bonds is 11. The van der Waals surface area contributed by atoms with Gasteiger partial charge in [0.1, 0.15) is 0 Å². The molecule has 0 amide bonds. The number of ether oxygens (including phenoxy) is 1. The van der Waals surface area contributed by atoms with Crippen molar-refractivity contribution in [2.24, 2.45) is 0 Å². The molecule has 47 heavy (non-hydrogen) atoms. The molecule has 4 aromatic rings. The van der Waals surface area contributed by atoms with Crippen LogP contribution in [-0.2, 0) is 34.4 Å². The summed E-state index contributed by atoms with van der Waals surface area (Å²) in [7, 11) is -5.86. The fraction of sp³-hybridized carbons (Fsp3) is 0.143. The Morgan fingerprint density at radius 3 is 1.94 bits per heavy atom. The molecule has 10 nitrogen and oxygen atoms in total. The summed E-state index contributed by atoms with van der Waals surface area (Å²) < 4.78 is 58.7. The van der Waals surface area contributed by atoms with Crippen LogP contribution in [-0.4, -0.2) is 47.5 Å². The molecule has 0 aliphatic rings. The SMILES string of the molecule is CCOC(=O)/C=C/c1cccc(NS(=O)(=O)c2cccc(C)c2)c1.Cc1cccc(S(=O)(=O)N(C)c2cccc(/C=C/C(=O)O)c2)c1. The van der Waals surface area contributed by atoms with E-state index in [0.717, 1.165) is 17.2 Å². The van der Waals surface area contributed by atoms with Gasteiger partial charge in [-0.15, -0.1) is 0 Å². The van der Waals surface area contributed by atoms with Gasteiger partial charge in [-0.3, -0.25) is 9.03 Å². The van der Waals surface area contributed by atoms with E-state index in [9.17, 15) is 26.4 Å². The van der Waals surface area contributed by atoms with Gasteiger partial charge in [0.25, 0.3) is 20.0 Å². The van der Waals surface area contributed by atoms with E-state index in [0.29, 0.717) is 29.1 Å². The first kappa shape index (κ1) is 36.3. The summed E-state index contributed by atoms with van der Waals surface area (Å²) in [5.41, 5.74) is 3.90. The number of esters is 1. The van der Waals surface area contributed by atoms with Crippen molar-refractivity contribution in [2.45, 2.75) is 30.6 Å². The minimum Gasteiger partial charge on any atom is -0.478 e. The third-order valence-electron chi connectivity index (χ3n) is 6.44. The van der Waals surface area contributed by atoms with E-state index in [1.165, 1.54) is 23.5 Å². The van der Waals surface area contributed by atoms with Gasteiger partial charge in [-0.2, -0.15) is 0 Å². The zero-order chi connectivity index (χ0) is 34.6. The molecule has 0 unspecified atom stereocenters. The van der Waals surface area contributed by atoms with Crippen LogP contribution in [0.2, 0.25) is 0 Å². The second-order valence-corrected chi connectivity index (χ2v) is 13.8. The molecule has 0 fully saturated rings. The predicted molar refractivity (Wildman–Crippen MR) is 184 cm³/mol. The van der Waals surface area contributed by atoms with Crippen molar-refractivity contribution >= 4 is 55.5 Å². The standard InChI is InChI=1S/C18H19NO4S.C17H17NO4S/c1-3-23-18(20)11-10-15-7-5-8-16(13-15)19-24(21,22)17-9-4-6-14(2)12-17;1-13-5-3-8-16(11-13)23(21,22)18(2)15-7-4-6-14(12-15)9-10-17(19)20/h4-13,19H,3H2,1-2H3;3-12H,1-2H3,(H,19,20)/b11-10+;10-9+. The van der Waals surface area contributed by atoms with Gasteiger partial charge < -0.3 is 9.84 Å². The van der Waals surface area contributed by atoms with Gasteiger partial charge in [-0.1, -0.05) is 48.5 Å². The smallest absolute Gasteiger partial charge is 0.330 e. The fourth-order valence-electron chi connectivity index (χ4n) is 4.12. The van der Waals surface area contributed by atoms with Crippen molar-refractivity contribution in [1.29, 1.82) is 0 Å². The van der Waals surface area contributed by atoms with E-state index in [-0.39, 0.29) is 9.79 Å². The highest BCUT2D eigenvalue weighted by Gasteiger charge is 2.21. The number of aliphatic carboxylic acids is 1. The largest absolute Gasteiger partial charge is 0.478 e. The summed E-state index contributed by atoms with van der Waals surface area (Å²) in [5, 5.41) is 8.66. The van der Waals surface area contributed by atoms with Crippen molar-refractivity contribution < 1.29 is 36.3 Å². The topological polar surface area (TPSA) is 147 Å². The number of sulfonamides is 2. The molecule has 246 valence electrons. The molecule has 2 N–H and O–H groups in total. The van der Waals surface area contributed by atoms with E-state index >= 15 is 0 Å². The van der Waals surface area contributed by atoms with Gasteiger partial charge in [0, 0.05) is 24.9 Å². The van der Waals surface area contributed by atoms with Crippen LogP contribution in [0.1, 0.15) is 29.2 Å². The number of anilines is 2. The molecule has 0 aliphatic carbocycles. The average molecular weight is 677 g/mol. The molecule has 0 saturated heterocycles. The number of aryl methyl sites for hydroxylation is 2. The maximum absolute atomic E-state index is 12.7. The maximum atomic E-state index is 12.7. The Morgan fingerprint density at radius 1 is 0.766 bits per heavy atom. The Labute approximate surface area is 275 Å². The minimum absolute atomic E-state index is 0.204. The lowest BCUT2D eigenvalue weighted by molar-refractivity contribution is -0.137. The van der Waals surface area contributed by atoms with Crippen LogP contribution >= 0.6 is 0 Å². The molecular weight excluding hydrogens is 641 g/mol. The lowest BCUT2D eigenvalue weighted by Gasteiger charge is -2.20. The first-order valence-electron chi connectivity index (χ1n) is 14.3. The van der Waals surface area contributed by atoms with E-state index in [4.69, 9.17) is 9.84 Å². The fourth-order valence-corrected chi connectivity index (χ4v) is 6.57. The number of nitrogens with zero attached hydrogens (tertiary/aromatic N) is 1. The predicted octanol–water partition coefficient (Wildman–Crippen LogP) is 6.29. The highest BCUT2D eigenvalue weighted by atomic mass is 32.2. The number of carboxylic acids is 1. The minimum atomic E-state index is -3.67. The molecule has 0 aromatic heterocycles. The van der Waals surface area contributed by atoms with E-state index in [2.05, 4.69) is 4.72 Å². The van der Waals surface area contributed by atoms with Gasteiger partial charge in [-0.25, -0.2) is 26.4 Å². The third-order valence-corrected chi connectivity index (χ3v) is 9.60. The Morgan fingerprint density at radius 2 is 1.32 bits per heavy atom. The van der Waals surface area contributed by atoms with Crippen molar-refractivity contribution in [2.75, 3.05) is 22.7 Å². The van der Waals surface area contributed by atoms with Crippen LogP contribution in [0.4, 0.5) is 11.4 Å². The van der Waals surface area contributed by atoms with Crippen molar-refractivity contribution in [1.82, 2.24) is 0 Å². The van der Waals surface area contributed by atoms with Crippen LogP contribution in [0.15, 0.2) is 119 Å². The second kappa shape index (κ2) is 16.4. The second-order valence-electron chi connectivity index (χ2n) is 10.2. The summed E-state index contributed by atoms with van der Waals surface area (Å²) in [6.07, 6.45) is 5.30. The first-order valence-corrected chi connectivity index (χ1v) is 17.2. The molecule has 0 saturated carbocycles. The number of hydrogen-bond donors (Lipinski definition) is 2. The lowest BCUT2D eigenvalue weighted by atomic mass is 10.2. The van der Waals surface area contributed by atoms with E-state index in [1.54, 1.807) is 97.9 Å². The normalized spacial score (nSPS) is 11.5. The highest BCUT2D eigenvalue weighted by molar-refractivity contribution is 7.93. The first-order chi connectivity index (χ1) is 22.2. The van der Waals surface area contributed by atoms with Crippen LogP contribution in [0.3, 0.4) is 0 Å². The molecule has 4 aromatic carbocycles. The number of carbonyl (C=O) groups excluding carboxylic acids is 1. The molecule has 4 rings (SSSR count). The van der Waals surface area contributed by atoms with Crippen molar-refractivity contribution in [3.05, 3.63) is 131 Å². The van der Waals surface area contributed by atoms with Crippen molar-refractivity contribution in [3.63, 3.8) is 0 Å². The van der Waals surface area contributed by atoms with Crippen LogP contribution in [0.5, 0.6) is 0 Å². The molecule has 0 spiro atoms. The number of nitrogens with one attached hydrogen (secondary N) is 1. The van der Waals surface area contributed by atoms with Crippen molar-refractivity contribution in [3.8, 4) is 0 Å². The summed E-state index contributed by atoms with van der Waals surface area (Å²) in [6.45, 7) is 5.70. The molecule has 0 aliphatic heterocycles. The van der Waals surface area contributed by atoms with Gasteiger partial charge in [-0.05, 0) is 104 Å². The summed E-state index contributed by atoms with van der Waals surface area (Å²) in [4.78, 5) is 22.3. The Balaban J connectivity index is 0.000000256. The molecule has 0 radical (unpaired) electrons. The van der Waals surface area contributed by atoms with E-state index < -0.39 is 32.0 Å². The zero-order valence-corrected chi connectivity index (χ0v) is 28.0. The van der Waals surface area contributed by atoms with Crippen LogP contribution in [0.25, 0.3) is 12.2 Å². The molecule has 0 bridgehead atoms. The Kier molecular flexibility index (Phi) is 12.6. The summed E-state index contributed by atoms with van der Waals surface area (Å²) in [5.74, 6) is -1.50. The van der Waals surface area contributed by atoms with Gasteiger partial charge in [0.2, 0.25) is 0 Å². The van der Waals surface area contributed by atoms with Crippen LogP contribution < -0.4 is 9.03 Å². The number of carboxylic acid groups (broad SMARTS) is 1. The monoisotopic (exact) mass is 676 g/mol.